The van der Waals surface area contributed by atoms with E-state index in [9.17, 15) is 0 Å². The lowest BCUT2D eigenvalue weighted by molar-refractivity contribution is 1.01. The molecule has 0 spiro atoms. The van der Waals surface area contributed by atoms with Gasteiger partial charge in [-0.25, -0.2) is 0 Å². The van der Waals surface area contributed by atoms with E-state index in [1.165, 1.54) is 32.6 Å². The number of benzene rings is 2. The molecule has 0 unspecified atom stereocenters. The molecule has 1 aliphatic heterocycles. The quantitative estimate of drug-likeness (QED) is 0.696. The van der Waals surface area contributed by atoms with Crippen LogP contribution in [0.25, 0.3) is 10.9 Å². The minimum atomic E-state index is 0.759. The summed E-state index contributed by atoms with van der Waals surface area (Å²) >= 11 is 1.74. The Labute approximate surface area is 121 Å². The van der Waals surface area contributed by atoms with Crippen molar-refractivity contribution in [3.8, 4) is 0 Å². The first-order chi connectivity index (χ1) is 9.81. The number of para-hydroxylation sites is 1. The maximum atomic E-state index is 4.75. The molecule has 3 heteroatoms. The van der Waals surface area contributed by atoms with Gasteiger partial charge in [0, 0.05) is 22.0 Å². The second-order valence-corrected chi connectivity index (χ2v) is 6.07. The molecule has 2 heterocycles. The summed E-state index contributed by atoms with van der Waals surface area (Å²) in [4.78, 5) is 8.26. The zero-order valence-corrected chi connectivity index (χ0v) is 12.0. The maximum Gasteiger partial charge on any atom is 0.104 e. The summed E-state index contributed by atoms with van der Waals surface area (Å²) in [5, 5.41) is 3.63. The smallest absolute Gasteiger partial charge is 0.104 e. The standard InChI is InChI=1S/C17H14N2S/c1-11-6-8-12(9-7-11)16-18-10-14-13-4-2-3-5-15(13)19-17(14)20-16/h2-9,19H,10H2,1H3. The number of aliphatic imine (C=N–C) groups is 1. The highest BCUT2D eigenvalue weighted by molar-refractivity contribution is 8.14. The Balaban J connectivity index is 1.75. The van der Waals surface area contributed by atoms with Gasteiger partial charge in [-0.2, -0.15) is 0 Å². The maximum absolute atomic E-state index is 4.75. The van der Waals surface area contributed by atoms with Crippen LogP contribution in [-0.4, -0.2) is 10.0 Å². The second kappa shape index (κ2) is 4.53. The molecule has 2 nitrogen and oxygen atoms in total. The predicted octanol–water partition coefficient (Wildman–Crippen LogP) is 4.53. The summed E-state index contributed by atoms with van der Waals surface area (Å²) in [7, 11) is 0. The number of H-pyrrole nitrogens is 1. The van der Waals surface area contributed by atoms with Crippen LogP contribution in [0.2, 0.25) is 0 Å². The van der Waals surface area contributed by atoms with Gasteiger partial charge in [-0.3, -0.25) is 4.99 Å². The van der Waals surface area contributed by atoms with Crippen LogP contribution in [-0.2, 0) is 6.54 Å². The number of aromatic amines is 1. The van der Waals surface area contributed by atoms with Crippen molar-refractivity contribution in [1.29, 1.82) is 0 Å². The third kappa shape index (κ3) is 1.86. The minimum absolute atomic E-state index is 0.759. The molecule has 1 aromatic heterocycles. The summed E-state index contributed by atoms with van der Waals surface area (Å²) in [6.07, 6.45) is 0. The van der Waals surface area contributed by atoms with Gasteiger partial charge in [0.05, 0.1) is 11.6 Å². The van der Waals surface area contributed by atoms with E-state index in [1.54, 1.807) is 11.8 Å². The normalized spacial score (nSPS) is 14.2. The highest BCUT2D eigenvalue weighted by atomic mass is 32.2. The zero-order valence-electron chi connectivity index (χ0n) is 11.2. The highest BCUT2D eigenvalue weighted by Crippen LogP contribution is 2.36. The van der Waals surface area contributed by atoms with Crippen molar-refractivity contribution >= 4 is 27.7 Å². The number of fused-ring (bicyclic) bond motifs is 3. The number of rotatable bonds is 1. The molecule has 3 aromatic rings. The van der Waals surface area contributed by atoms with Crippen molar-refractivity contribution in [1.82, 2.24) is 4.98 Å². The van der Waals surface area contributed by atoms with Crippen LogP contribution >= 0.6 is 11.8 Å². The predicted molar refractivity (Wildman–Crippen MR) is 85.6 cm³/mol. The molecule has 0 aliphatic carbocycles. The van der Waals surface area contributed by atoms with E-state index in [0.29, 0.717) is 0 Å². The zero-order chi connectivity index (χ0) is 13.5. The molecular weight excluding hydrogens is 264 g/mol. The number of aryl methyl sites for hydroxylation is 1. The van der Waals surface area contributed by atoms with Gasteiger partial charge < -0.3 is 4.98 Å². The summed E-state index contributed by atoms with van der Waals surface area (Å²) in [5.74, 6) is 0. The Hall–Kier alpha value is -2.00. The van der Waals surface area contributed by atoms with Crippen LogP contribution in [0.1, 0.15) is 16.7 Å². The van der Waals surface area contributed by atoms with Gasteiger partial charge in [-0.15, -0.1) is 0 Å². The van der Waals surface area contributed by atoms with Crippen molar-refractivity contribution in [3.05, 3.63) is 65.2 Å². The number of hydrogen-bond donors (Lipinski definition) is 1. The van der Waals surface area contributed by atoms with E-state index in [2.05, 4.69) is 60.4 Å². The largest absolute Gasteiger partial charge is 0.349 e. The molecule has 0 radical (unpaired) electrons. The fourth-order valence-corrected chi connectivity index (χ4v) is 3.58. The van der Waals surface area contributed by atoms with E-state index >= 15 is 0 Å². The van der Waals surface area contributed by atoms with Crippen molar-refractivity contribution in [2.24, 2.45) is 4.99 Å². The number of nitrogens with zero attached hydrogens (tertiary/aromatic N) is 1. The summed E-state index contributed by atoms with van der Waals surface area (Å²) in [6.45, 7) is 2.87. The lowest BCUT2D eigenvalue weighted by atomic mass is 10.1. The fraction of sp³-hybridized carbons (Fsp3) is 0.118. The fourth-order valence-electron chi connectivity index (χ4n) is 2.55. The molecule has 0 saturated carbocycles. The number of thioether (sulfide) groups is 1. The van der Waals surface area contributed by atoms with Crippen LogP contribution in [0, 0.1) is 6.92 Å². The van der Waals surface area contributed by atoms with Crippen LogP contribution in [0.5, 0.6) is 0 Å². The number of hydrogen-bond acceptors (Lipinski definition) is 2. The van der Waals surface area contributed by atoms with Gasteiger partial charge in [0.2, 0.25) is 0 Å². The lowest BCUT2D eigenvalue weighted by Gasteiger charge is -2.12. The van der Waals surface area contributed by atoms with E-state index in [0.717, 1.165) is 11.6 Å². The third-order valence-corrected chi connectivity index (χ3v) is 4.76. The summed E-state index contributed by atoms with van der Waals surface area (Å²) < 4.78 is 0. The Morgan fingerprint density at radius 3 is 2.70 bits per heavy atom. The Bertz CT molecular complexity index is 813. The van der Waals surface area contributed by atoms with Crippen LogP contribution in [0.15, 0.2) is 58.5 Å². The SMILES string of the molecule is Cc1ccc(C2=NCc3c([nH]c4ccccc34)S2)cc1. The van der Waals surface area contributed by atoms with Crippen molar-refractivity contribution in [2.45, 2.75) is 18.5 Å². The molecular formula is C17H14N2S. The van der Waals surface area contributed by atoms with E-state index < -0.39 is 0 Å². The average molecular weight is 278 g/mol. The van der Waals surface area contributed by atoms with Crippen molar-refractivity contribution in [2.75, 3.05) is 0 Å². The molecule has 0 atom stereocenters. The molecule has 0 amide bonds. The molecule has 0 saturated heterocycles. The van der Waals surface area contributed by atoms with Crippen LogP contribution in [0.3, 0.4) is 0 Å². The number of aromatic nitrogens is 1. The van der Waals surface area contributed by atoms with Crippen LogP contribution in [0.4, 0.5) is 0 Å². The molecule has 1 aliphatic rings. The minimum Gasteiger partial charge on any atom is -0.349 e. The Morgan fingerprint density at radius 2 is 1.85 bits per heavy atom. The van der Waals surface area contributed by atoms with Gasteiger partial charge >= 0.3 is 0 Å². The number of nitrogens with one attached hydrogen (secondary N) is 1. The molecule has 4 rings (SSSR count). The first-order valence-corrected chi connectivity index (χ1v) is 7.52. The second-order valence-electron chi connectivity index (χ2n) is 5.07. The van der Waals surface area contributed by atoms with Gasteiger partial charge in [-0.05, 0) is 13.0 Å². The van der Waals surface area contributed by atoms with E-state index in [1.807, 2.05) is 0 Å². The first-order valence-electron chi connectivity index (χ1n) is 6.70. The molecule has 2 aromatic carbocycles. The molecule has 0 fully saturated rings. The average Bonchev–Trinajstić information content (AvgIpc) is 2.85. The monoisotopic (exact) mass is 278 g/mol. The lowest BCUT2D eigenvalue weighted by Crippen LogP contribution is -2.02. The van der Waals surface area contributed by atoms with Crippen LogP contribution < -0.4 is 0 Å². The summed E-state index contributed by atoms with van der Waals surface area (Å²) in [6, 6.07) is 17.0. The first kappa shape index (κ1) is 11.8. The Morgan fingerprint density at radius 1 is 1.05 bits per heavy atom. The van der Waals surface area contributed by atoms with Gasteiger partial charge in [0.25, 0.3) is 0 Å². The highest BCUT2D eigenvalue weighted by Gasteiger charge is 2.19. The van der Waals surface area contributed by atoms with Gasteiger partial charge in [0.1, 0.15) is 5.04 Å². The van der Waals surface area contributed by atoms with Crippen molar-refractivity contribution < 1.29 is 0 Å². The van der Waals surface area contributed by atoms with Gasteiger partial charge in [0.15, 0.2) is 0 Å². The molecule has 0 bridgehead atoms. The summed E-state index contributed by atoms with van der Waals surface area (Å²) in [5.41, 5.74) is 5.00. The van der Waals surface area contributed by atoms with E-state index in [4.69, 9.17) is 4.99 Å². The van der Waals surface area contributed by atoms with Gasteiger partial charge in [-0.1, -0.05) is 59.8 Å². The Kier molecular flexibility index (Phi) is 2.67. The molecule has 98 valence electrons. The van der Waals surface area contributed by atoms with E-state index in [-0.39, 0.29) is 0 Å². The molecule has 20 heavy (non-hydrogen) atoms. The molecule has 1 N–H and O–H groups in total. The topological polar surface area (TPSA) is 28.1 Å². The third-order valence-electron chi connectivity index (χ3n) is 3.65. The van der Waals surface area contributed by atoms with Crippen molar-refractivity contribution in [3.63, 3.8) is 0 Å².